The topological polar surface area (TPSA) is 99.1 Å². The van der Waals surface area contributed by atoms with Gasteiger partial charge in [0.1, 0.15) is 0 Å². The van der Waals surface area contributed by atoms with E-state index in [1.165, 1.54) is 0 Å². The minimum atomic E-state index is -0.435. The number of nitrogens with zero attached hydrogens (tertiary/aromatic N) is 4. The molecule has 2 atom stereocenters. The average Bonchev–Trinajstić information content (AvgIpc) is 3.13. The lowest BCUT2D eigenvalue weighted by Gasteiger charge is -2.14. The number of amides is 1. The molecule has 0 unspecified atom stereocenters. The van der Waals surface area contributed by atoms with Crippen molar-refractivity contribution in [2.24, 2.45) is 13.0 Å². The van der Waals surface area contributed by atoms with Crippen molar-refractivity contribution in [3.8, 4) is 0 Å². The summed E-state index contributed by atoms with van der Waals surface area (Å²) in [5.74, 6) is 0.00944. The summed E-state index contributed by atoms with van der Waals surface area (Å²) in [6, 6.07) is 1.99. The molecule has 0 saturated carbocycles. The molecule has 3 N–H and O–H groups in total. The molecule has 1 amide bonds. The van der Waals surface area contributed by atoms with Crippen LogP contribution < -0.4 is 5.32 Å². The predicted molar refractivity (Wildman–Crippen MR) is 89.5 cm³/mol. The number of β-amino-alcohol motifs (C(OH)–C–C–N with tert-alkyl or cyclic N) is 1. The molecule has 24 heavy (non-hydrogen) atoms. The maximum Gasteiger partial charge on any atom is 0.238 e. The molecule has 8 nitrogen and oxygen atoms in total. The third-order valence-corrected chi connectivity index (χ3v) is 4.37. The number of rotatable bonds is 5. The van der Waals surface area contributed by atoms with E-state index in [2.05, 4.69) is 20.6 Å². The number of nitrogens with one attached hydrogen (secondary N) is 2. The first-order chi connectivity index (χ1) is 11.4. The van der Waals surface area contributed by atoms with E-state index in [0.717, 1.165) is 22.8 Å². The van der Waals surface area contributed by atoms with Gasteiger partial charge in [0, 0.05) is 37.9 Å². The van der Waals surface area contributed by atoms with Crippen LogP contribution in [0.5, 0.6) is 0 Å². The predicted octanol–water partition coefficient (Wildman–Crippen LogP) is 0.234. The molecule has 3 rings (SSSR count). The molecule has 0 aliphatic carbocycles. The van der Waals surface area contributed by atoms with Crippen molar-refractivity contribution < 1.29 is 9.90 Å². The van der Waals surface area contributed by atoms with Crippen LogP contribution in [0.1, 0.15) is 17.1 Å². The highest BCUT2D eigenvalue weighted by atomic mass is 16.3. The lowest BCUT2D eigenvalue weighted by atomic mass is 10.0. The number of likely N-dealkylation sites (tertiary alicyclic amines) is 1. The third-order valence-electron chi connectivity index (χ3n) is 4.37. The number of aromatic nitrogens is 4. The number of H-pyrrole nitrogens is 1. The largest absolute Gasteiger partial charge is 0.391 e. The van der Waals surface area contributed by atoms with Crippen LogP contribution in [0.2, 0.25) is 0 Å². The minimum Gasteiger partial charge on any atom is -0.391 e. The Morgan fingerprint density at radius 3 is 2.88 bits per heavy atom. The Labute approximate surface area is 140 Å². The molecule has 2 aromatic rings. The van der Waals surface area contributed by atoms with Gasteiger partial charge in [0.15, 0.2) is 0 Å². The molecule has 1 aliphatic heterocycles. The van der Waals surface area contributed by atoms with Crippen LogP contribution in [0.3, 0.4) is 0 Å². The van der Waals surface area contributed by atoms with Crippen LogP contribution >= 0.6 is 0 Å². The monoisotopic (exact) mass is 332 g/mol. The highest BCUT2D eigenvalue weighted by molar-refractivity contribution is 5.92. The fourth-order valence-corrected chi connectivity index (χ4v) is 3.23. The zero-order valence-electron chi connectivity index (χ0n) is 14.3. The van der Waals surface area contributed by atoms with Gasteiger partial charge in [-0.15, -0.1) is 0 Å². The van der Waals surface area contributed by atoms with Gasteiger partial charge in [-0.05, 0) is 26.3 Å². The zero-order valence-corrected chi connectivity index (χ0v) is 14.3. The van der Waals surface area contributed by atoms with E-state index < -0.39 is 6.10 Å². The van der Waals surface area contributed by atoms with Crippen molar-refractivity contribution in [2.75, 3.05) is 25.0 Å². The first-order valence-corrected chi connectivity index (χ1v) is 8.12. The Morgan fingerprint density at radius 1 is 1.46 bits per heavy atom. The molecular weight excluding hydrogens is 308 g/mol. The maximum absolute atomic E-state index is 12.2. The molecule has 2 aromatic heterocycles. The van der Waals surface area contributed by atoms with Gasteiger partial charge in [0.2, 0.25) is 5.91 Å². The second-order valence-electron chi connectivity index (χ2n) is 6.62. The zero-order chi connectivity index (χ0) is 17.3. The van der Waals surface area contributed by atoms with E-state index in [1.807, 2.05) is 31.9 Å². The number of aromatic amines is 1. The van der Waals surface area contributed by atoms with Gasteiger partial charge in [0.05, 0.1) is 29.7 Å². The van der Waals surface area contributed by atoms with Crippen molar-refractivity contribution in [3.05, 3.63) is 29.3 Å². The maximum atomic E-state index is 12.2. The van der Waals surface area contributed by atoms with Crippen molar-refractivity contribution in [1.29, 1.82) is 0 Å². The van der Waals surface area contributed by atoms with Gasteiger partial charge >= 0.3 is 0 Å². The molecule has 0 bridgehead atoms. The van der Waals surface area contributed by atoms with Gasteiger partial charge in [-0.25, -0.2) is 0 Å². The van der Waals surface area contributed by atoms with Crippen LogP contribution in [0.25, 0.3) is 0 Å². The fourth-order valence-electron chi connectivity index (χ4n) is 3.23. The van der Waals surface area contributed by atoms with E-state index >= 15 is 0 Å². The summed E-state index contributed by atoms with van der Waals surface area (Å²) in [6.07, 6.45) is 2.06. The first kappa shape index (κ1) is 16.7. The van der Waals surface area contributed by atoms with Crippen LogP contribution in [0.4, 0.5) is 5.69 Å². The molecule has 0 aromatic carbocycles. The minimum absolute atomic E-state index is 0.0884. The van der Waals surface area contributed by atoms with Gasteiger partial charge in [-0.2, -0.15) is 10.2 Å². The average molecular weight is 332 g/mol. The number of carbonyl (C=O) groups excluding carboxylic acids is 1. The molecular formula is C16H24N6O2. The van der Waals surface area contributed by atoms with Crippen molar-refractivity contribution in [2.45, 2.75) is 26.4 Å². The Bertz CT molecular complexity index is 722. The molecule has 1 aliphatic rings. The standard InChI is InChI=1S/C16H24N6O2/c1-10-4-13(19-18-10)5-12-6-22(8-15(12)23)9-16(24)17-14-7-21(3)20-11(14)2/h4,7,12,15,23H,5-6,8-9H2,1-3H3,(H,17,24)(H,18,19)/t12-,15-/m1/s1. The summed E-state index contributed by atoms with van der Waals surface area (Å²) in [6.45, 7) is 5.28. The first-order valence-electron chi connectivity index (χ1n) is 8.12. The smallest absolute Gasteiger partial charge is 0.238 e. The molecule has 0 radical (unpaired) electrons. The second-order valence-corrected chi connectivity index (χ2v) is 6.62. The highest BCUT2D eigenvalue weighted by Crippen LogP contribution is 2.21. The van der Waals surface area contributed by atoms with E-state index in [4.69, 9.17) is 0 Å². The van der Waals surface area contributed by atoms with Crippen molar-refractivity contribution in [3.63, 3.8) is 0 Å². The molecule has 0 spiro atoms. The lowest BCUT2D eigenvalue weighted by Crippen LogP contribution is -2.32. The van der Waals surface area contributed by atoms with Crippen LogP contribution in [0, 0.1) is 19.8 Å². The molecule has 1 fully saturated rings. The second kappa shape index (κ2) is 6.74. The number of hydrogen-bond donors (Lipinski definition) is 3. The normalized spacial score (nSPS) is 21.3. The molecule has 8 heteroatoms. The quantitative estimate of drug-likeness (QED) is 0.728. The van der Waals surface area contributed by atoms with Crippen molar-refractivity contribution >= 4 is 11.6 Å². The Hall–Kier alpha value is -2.19. The third kappa shape index (κ3) is 3.82. The number of aryl methyl sites for hydroxylation is 3. The number of aliphatic hydroxyl groups excluding tert-OH is 1. The summed E-state index contributed by atoms with van der Waals surface area (Å²) >= 11 is 0. The van der Waals surface area contributed by atoms with E-state index in [1.54, 1.807) is 10.9 Å². The molecule has 130 valence electrons. The van der Waals surface area contributed by atoms with Crippen LogP contribution in [-0.4, -0.2) is 61.6 Å². The number of carbonyl (C=O) groups is 1. The van der Waals surface area contributed by atoms with Gasteiger partial charge in [0.25, 0.3) is 0 Å². The lowest BCUT2D eigenvalue weighted by molar-refractivity contribution is -0.117. The van der Waals surface area contributed by atoms with E-state index in [0.29, 0.717) is 19.5 Å². The Balaban J connectivity index is 1.52. The van der Waals surface area contributed by atoms with Gasteiger partial charge < -0.3 is 10.4 Å². The van der Waals surface area contributed by atoms with Gasteiger partial charge in [-0.1, -0.05) is 0 Å². The summed E-state index contributed by atoms with van der Waals surface area (Å²) in [4.78, 5) is 14.2. The van der Waals surface area contributed by atoms with Crippen molar-refractivity contribution in [1.82, 2.24) is 24.9 Å². The Morgan fingerprint density at radius 2 is 2.25 bits per heavy atom. The van der Waals surface area contributed by atoms with Gasteiger partial charge in [-0.3, -0.25) is 19.5 Å². The summed E-state index contributed by atoms with van der Waals surface area (Å²) < 4.78 is 1.67. The molecule has 3 heterocycles. The van der Waals surface area contributed by atoms with Crippen LogP contribution in [-0.2, 0) is 18.3 Å². The SMILES string of the molecule is Cc1cc(C[C@@H]2CN(CC(=O)Nc3cn(C)nc3C)C[C@H]2O)n[nH]1. The van der Waals surface area contributed by atoms with E-state index in [9.17, 15) is 9.90 Å². The summed E-state index contributed by atoms with van der Waals surface area (Å²) in [7, 11) is 1.82. The van der Waals surface area contributed by atoms with Crippen LogP contribution in [0.15, 0.2) is 12.3 Å². The number of hydrogen-bond acceptors (Lipinski definition) is 5. The summed E-state index contributed by atoms with van der Waals surface area (Å²) in [5.41, 5.74) is 3.49. The number of anilines is 1. The highest BCUT2D eigenvalue weighted by Gasteiger charge is 2.32. The fraction of sp³-hybridized carbons (Fsp3) is 0.562. The Kier molecular flexibility index (Phi) is 4.68. The van der Waals surface area contributed by atoms with E-state index in [-0.39, 0.29) is 18.4 Å². The molecule has 1 saturated heterocycles. The summed E-state index contributed by atoms with van der Waals surface area (Å²) in [5, 5.41) is 24.5. The number of aliphatic hydroxyl groups is 1.